The third kappa shape index (κ3) is 3.22. The van der Waals surface area contributed by atoms with Crippen molar-refractivity contribution in [3.8, 4) is 11.5 Å². The number of methoxy groups -OCH3 is 1. The summed E-state index contributed by atoms with van der Waals surface area (Å²) < 4.78 is 48.7. The third-order valence-corrected chi connectivity index (χ3v) is 2.84. The maximum atomic E-state index is 13.0. The van der Waals surface area contributed by atoms with Crippen LogP contribution in [0.5, 0.6) is 0 Å². The van der Waals surface area contributed by atoms with Crippen molar-refractivity contribution < 1.29 is 22.4 Å². The first-order valence-electron chi connectivity index (χ1n) is 6.04. The van der Waals surface area contributed by atoms with E-state index in [9.17, 15) is 13.2 Å². The van der Waals surface area contributed by atoms with Crippen LogP contribution in [0.4, 0.5) is 13.2 Å². The Kier molecular flexibility index (Phi) is 4.02. The molecule has 1 aromatic carbocycles. The Morgan fingerprint density at radius 2 is 1.95 bits per heavy atom. The van der Waals surface area contributed by atoms with Crippen molar-refractivity contribution in [2.24, 2.45) is 5.73 Å². The van der Waals surface area contributed by atoms with Gasteiger partial charge in [0.25, 0.3) is 5.89 Å². The number of ether oxygens (including phenoxy) is 1. The van der Waals surface area contributed by atoms with Crippen LogP contribution in [-0.2, 0) is 16.5 Å². The van der Waals surface area contributed by atoms with Crippen molar-refractivity contribution in [2.75, 3.05) is 13.7 Å². The van der Waals surface area contributed by atoms with Crippen LogP contribution in [-0.4, -0.2) is 23.9 Å². The second-order valence-electron chi connectivity index (χ2n) is 4.82. The molecule has 0 amide bonds. The van der Waals surface area contributed by atoms with Gasteiger partial charge in [-0.05, 0) is 19.1 Å². The molecule has 21 heavy (non-hydrogen) atoms. The van der Waals surface area contributed by atoms with Crippen LogP contribution in [0.25, 0.3) is 11.5 Å². The van der Waals surface area contributed by atoms with Gasteiger partial charge in [0.15, 0.2) is 5.82 Å². The van der Waals surface area contributed by atoms with Gasteiger partial charge in [-0.3, -0.25) is 0 Å². The molecule has 1 aromatic heterocycles. The van der Waals surface area contributed by atoms with Crippen molar-refractivity contribution >= 4 is 0 Å². The van der Waals surface area contributed by atoms with E-state index in [1.165, 1.54) is 25.3 Å². The molecule has 1 heterocycles. The summed E-state index contributed by atoms with van der Waals surface area (Å²) in [7, 11) is 1.45. The largest absolute Gasteiger partial charge is 0.417 e. The topological polar surface area (TPSA) is 74.2 Å². The van der Waals surface area contributed by atoms with E-state index in [4.69, 9.17) is 15.0 Å². The summed E-state index contributed by atoms with van der Waals surface area (Å²) in [6, 6.07) is 4.98. The number of hydrogen-bond donors (Lipinski definition) is 1. The normalized spacial score (nSPS) is 15.0. The van der Waals surface area contributed by atoms with Crippen LogP contribution in [0.3, 0.4) is 0 Å². The first-order chi connectivity index (χ1) is 9.75. The number of nitrogens with two attached hydrogens (primary N) is 1. The summed E-state index contributed by atoms with van der Waals surface area (Å²) in [6.07, 6.45) is -4.51. The van der Waals surface area contributed by atoms with Gasteiger partial charge in [-0.1, -0.05) is 17.3 Å². The first-order valence-corrected chi connectivity index (χ1v) is 6.04. The number of nitrogens with zero attached hydrogens (tertiary/aromatic N) is 2. The zero-order chi connectivity index (χ0) is 15.7. The summed E-state index contributed by atoms with van der Waals surface area (Å²) in [6.45, 7) is 1.70. The van der Waals surface area contributed by atoms with E-state index in [0.717, 1.165) is 6.07 Å². The fourth-order valence-electron chi connectivity index (χ4n) is 1.85. The Balaban J connectivity index is 2.44. The zero-order valence-corrected chi connectivity index (χ0v) is 11.4. The van der Waals surface area contributed by atoms with Crippen LogP contribution >= 0.6 is 0 Å². The number of rotatable bonds is 4. The van der Waals surface area contributed by atoms with Crippen LogP contribution < -0.4 is 5.73 Å². The fourth-order valence-corrected chi connectivity index (χ4v) is 1.85. The predicted octanol–water partition coefficient (Wildman–Crippen LogP) is 2.58. The molecule has 0 bridgehead atoms. The van der Waals surface area contributed by atoms with Crippen molar-refractivity contribution in [3.63, 3.8) is 0 Å². The van der Waals surface area contributed by atoms with Gasteiger partial charge in [-0.2, -0.15) is 18.2 Å². The first kappa shape index (κ1) is 15.5. The smallest absolute Gasteiger partial charge is 0.382 e. The lowest BCUT2D eigenvalue weighted by atomic mass is 10.0. The van der Waals surface area contributed by atoms with E-state index in [0.29, 0.717) is 0 Å². The summed E-state index contributed by atoms with van der Waals surface area (Å²) in [5, 5.41) is 3.65. The van der Waals surface area contributed by atoms with Gasteiger partial charge < -0.3 is 15.0 Å². The SMILES string of the molecule is COCC(C)(N)c1noc(-c2ccccc2C(F)(F)F)n1. The van der Waals surface area contributed by atoms with Gasteiger partial charge in [0, 0.05) is 7.11 Å². The lowest BCUT2D eigenvalue weighted by molar-refractivity contribution is -0.137. The second kappa shape index (κ2) is 5.45. The monoisotopic (exact) mass is 301 g/mol. The van der Waals surface area contributed by atoms with Gasteiger partial charge in [-0.15, -0.1) is 0 Å². The third-order valence-electron chi connectivity index (χ3n) is 2.84. The average Bonchev–Trinajstić information content (AvgIpc) is 2.88. The molecule has 5 nitrogen and oxygen atoms in total. The summed E-state index contributed by atoms with van der Waals surface area (Å²) in [5.74, 6) is -0.151. The number of aromatic nitrogens is 2. The highest BCUT2D eigenvalue weighted by atomic mass is 19.4. The van der Waals surface area contributed by atoms with Crippen LogP contribution in [0, 0.1) is 0 Å². The molecule has 2 rings (SSSR count). The van der Waals surface area contributed by atoms with E-state index < -0.39 is 17.3 Å². The standard InChI is InChI=1S/C13H14F3N3O2/c1-12(17,7-20-2)11-18-10(21-19-11)8-5-3-4-6-9(8)13(14,15)16/h3-6H,7,17H2,1-2H3. The van der Waals surface area contributed by atoms with Crippen molar-refractivity contribution in [3.05, 3.63) is 35.7 Å². The molecule has 0 aliphatic rings. The van der Waals surface area contributed by atoms with Crippen LogP contribution in [0.1, 0.15) is 18.3 Å². The molecule has 114 valence electrons. The maximum Gasteiger partial charge on any atom is 0.417 e. The predicted molar refractivity (Wildman–Crippen MR) is 68.2 cm³/mol. The molecule has 1 unspecified atom stereocenters. The van der Waals surface area contributed by atoms with Crippen molar-refractivity contribution in [2.45, 2.75) is 18.6 Å². The maximum absolute atomic E-state index is 13.0. The zero-order valence-electron chi connectivity index (χ0n) is 11.4. The van der Waals surface area contributed by atoms with E-state index >= 15 is 0 Å². The minimum Gasteiger partial charge on any atom is -0.382 e. The Bertz CT molecular complexity index is 623. The Hall–Kier alpha value is -1.93. The minimum atomic E-state index is -4.51. The number of alkyl halides is 3. The quantitative estimate of drug-likeness (QED) is 0.939. The molecule has 8 heteroatoms. The van der Waals surface area contributed by atoms with Crippen LogP contribution in [0.2, 0.25) is 0 Å². The van der Waals surface area contributed by atoms with Gasteiger partial charge in [0.2, 0.25) is 0 Å². The molecular weight excluding hydrogens is 287 g/mol. The lowest BCUT2D eigenvalue weighted by Crippen LogP contribution is -2.38. The molecule has 0 fully saturated rings. The highest BCUT2D eigenvalue weighted by Crippen LogP contribution is 2.36. The van der Waals surface area contributed by atoms with E-state index in [2.05, 4.69) is 10.1 Å². The molecule has 2 N–H and O–H groups in total. The van der Waals surface area contributed by atoms with Gasteiger partial charge in [-0.25, -0.2) is 0 Å². The highest BCUT2D eigenvalue weighted by Gasteiger charge is 2.35. The van der Waals surface area contributed by atoms with Crippen molar-refractivity contribution in [1.29, 1.82) is 0 Å². The van der Waals surface area contributed by atoms with Crippen LogP contribution in [0.15, 0.2) is 28.8 Å². The van der Waals surface area contributed by atoms with Gasteiger partial charge in [0.1, 0.15) is 5.54 Å². The lowest BCUT2D eigenvalue weighted by Gasteiger charge is -2.18. The van der Waals surface area contributed by atoms with Gasteiger partial charge in [0.05, 0.1) is 17.7 Å². The molecule has 0 aliphatic carbocycles. The molecular formula is C13H14F3N3O2. The highest BCUT2D eigenvalue weighted by molar-refractivity contribution is 5.59. The Morgan fingerprint density at radius 3 is 2.57 bits per heavy atom. The van der Waals surface area contributed by atoms with Crippen molar-refractivity contribution in [1.82, 2.24) is 10.1 Å². The number of hydrogen-bond acceptors (Lipinski definition) is 5. The second-order valence-corrected chi connectivity index (χ2v) is 4.82. The van der Waals surface area contributed by atoms with E-state index in [1.807, 2.05) is 0 Å². The Morgan fingerprint density at radius 1 is 1.29 bits per heavy atom. The fraction of sp³-hybridized carbons (Fsp3) is 0.385. The van der Waals surface area contributed by atoms with E-state index in [-0.39, 0.29) is 23.9 Å². The summed E-state index contributed by atoms with van der Waals surface area (Å²) in [5.41, 5.74) is 3.85. The molecule has 0 spiro atoms. The summed E-state index contributed by atoms with van der Waals surface area (Å²) >= 11 is 0. The molecule has 1 atom stereocenters. The molecule has 2 aromatic rings. The molecule has 0 saturated carbocycles. The average molecular weight is 301 g/mol. The Labute approximate surface area is 118 Å². The molecule has 0 saturated heterocycles. The minimum absolute atomic E-state index is 0.0799. The number of benzene rings is 1. The molecule has 0 radical (unpaired) electrons. The van der Waals surface area contributed by atoms with Gasteiger partial charge >= 0.3 is 6.18 Å². The number of halogens is 3. The van der Waals surface area contributed by atoms with E-state index in [1.54, 1.807) is 6.92 Å². The summed E-state index contributed by atoms with van der Waals surface area (Å²) in [4.78, 5) is 3.96. The molecule has 0 aliphatic heterocycles.